The Labute approximate surface area is 217 Å². The zero-order chi connectivity index (χ0) is 26.0. The average molecular weight is 550 g/mol. The number of aliphatic hydroxyl groups excluding tert-OH is 1. The molecule has 1 saturated heterocycles. The first kappa shape index (κ1) is 25.2. The third-order valence-corrected chi connectivity index (χ3v) is 7.02. The number of nitrogens with zero attached hydrogens (tertiary/aromatic N) is 1. The van der Waals surface area contributed by atoms with Crippen LogP contribution in [0.2, 0.25) is 0 Å². The van der Waals surface area contributed by atoms with Crippen molar-refractivity contribution in [2.24, 2.45) is 0 Å². The van der Waals surface area contributed by atoms with E-state index in [4.69, 9.17) is 9.47 Å². The summed E-state index contributed by atoms with van der Waals surface area (Å²) in [6.07, 6.45) is 0. The molecule has 4 rings (SSSR count). The van der Waals surface area contributed by atoms with E-state index in [-0.39, 0.29) is 17.9 Å². The van der Waals surface area contributed by atoms with Crippen LogP contribution in [0.4, 0.5) is 0 Å². The second-order valence-corrected chi connectivity index (χ2v) is 9.21. The van der Waals surface area contributed by atoms with Crippen LogP contribution in [-0.4, -0.2) is 41.9 Å². The van der Waals surface area contributed by atoms with Crippen molar-refractivity contribution < 1.29 is 29.0 Å². The molecule has 0 aromatic heterocycles. The van der Waals surface area contributed by atoms with E-state index >= 15 is 0 Å². The maximum absolute atomic E-state index is 13.3. The summed E-state index contributed by atoms with van der Waals surface area (Å²) >= 11 is 3.44. The van der Waals surface area contributed by atoms with Crippen molar-refractivity contribution in [2.75, 3.05) is 14.2 Å². The fraction of sp³-hybridized carbons (Fsp3) is 0.179. The molecule has 0 spiro atoms. The summed E-state index contributed by atoms with van der Waals surface area (Å²) < 4.78 is 10.9. The smallest absolute Gasteiger partial charge is 0.337 e. The normalized spacial score (nSPS) is 16.8. The highest BCUT2D eigenvalue weighted by Gasteiger charge is 2.46. The van der Waals surface area contributed by atoms with Gasteiger partial charge in [0.15, 0.2) is 0 Å². The van der Waals surface area contributed by atoms with E-state index in [1.807, 2.05) is 6.92 Å². The molecule has 1 unspecified atom stereocenters. The first-order valence-electron chi connectivity index (χ1n) is 11.1. The minimum absolute atomic E-state index is 0.0121. The quantitative estimate of drug-likeness (QED) is 0.197. The number of halogens is 1. The Balaban J connectivity index is 1.80. The Morgan fingerprint density at radius 3 is 2.19 bits per heavy atom. The van der Waals surface area contributed by atoms with Gasteiger partial charge in [-0.15, -0.1) is 0 Å². The van der Waals surface area contributed by atoms with Crippen molar-refractivity contribution in [3.05, 3.63) is 105 Å². The number of hydrogen-bond acceptors (Lipinski definition) is 6. The van der Waals surface area contributed by atoms with Gasteiger partial charge in [-0.2, -0.15) is 0 Å². The van der Waals surface area contributed by atoms with Gasteiger partial charge in [0.25, 0.3) is 11.7 Å². The van der Waals surface area contributed by atoms with E-state index in [2.05, 4.69) is 15.9 Å². The van der Waals surface area contributed by atoms with Gasteiger partial charge >= 0.3 is 5.97 Å². The first-order chi connectivity index (χ1) is 17.2. The maximum atomic E-state index is 13.3. The van der Waals surface area contributed by atoms with Crippen molar-refractivity contribution in [1.82, 2.24) is 4.90 Å². The zero-order valence-corrected chi connectivity index (χ0v) is 21.5. The predicted octanol–water partition coefficient (Wildman–Crippen LogP) is 5.17. The van der Waals surface area contributed by atoms with E-state index < -0.39 is 23.7 Å². The molecular weight excluding hydrogens is 526 g/mol. The van der Waals surface area contributed by atoms with Gasteiger partial charge in [0.05, 0.1) is 31.4 Å². The van der Waals surface area contributed by atoms with Crippen molar-refractivity contribution >= 4 is 39.3 Å². The molecule has 1 aliphatic rings. The van der Waals surface area contributed by atoms with Crippen molar-refractivity contribution in [1.29, 1.82) is 0 Å². The number of esters is 1. The molecule has 0 bridgehead atoms. The number of methoxy groups -OCH3 is 2. The van der Waals surface area contributed by atoms with E-state index in [0.717, 1.165) is 10.0 Å². The SMILES string of the molecule is COC(=O)c1ccc(CN2C(=O)C(=O)/C(=C(\O)c3ccc(Br)c(C)c3)C2c2ccc(OC)cc2)cc1. The molecule has 1 atom stereocenters. The molecule has 1 heterocycles. The van der Waals surface area contributed by atoms with Crippen molar-refractivity contribution in [2.45, 2.75) is 19.5 Å². The van der Waals surface area contributed by atoms with Crippen LogP contribution in [0.25, 0.3) is 5.76 Å². The van der Waals surface area contributed by atoms with Crippen LogP contribution in [0.1, 0.15) is 38.7 Å². The number of rotatable bonds is 6. The van der Waals surface area contributed by atoms with Gasteiger partial charge in [0.2, 0.25) is 0 Å². The molecule has 36 heavy (non-hydrogen) atoms. The number of ketones is 1. The lowest BCUT2D eigenvalue weighted by atomic mass is 9.94. The Morgan fingerprint density at radius 2 is 1.61 bits per heavy atom. The Bertz CT molecular complexity index is 1360. The molecule has 184 valence electrons. The van der Waals surface area contributed by atoms with Crippen LogP contribution in [0.5, 0.6) is 5.75 Å². The third kappa shape index (κ3) is 4.77. The van der Waals surface area contributed by atoms with Crippen molar-refractivity contribution in [3.8, 4) is 5.75 Å². The highest BCUT2D eigenvalue weighted by molar-refractivity contribution is 9.10. The number of hydrogen-bond donors (Lipinski definition) is 1. The van der Waals surface area contributed by atoms with Crippen LogP contribution in [0, 0.1) is 6.92 Å². The van der Waals surface area contributed by atoms with Gasteiger partial charge in [-0.05, 0) is 60.0 Å². The minimum atomic E-state index is -0.819. The number of carbonyl (C=O) groups excluding carboxylic acids is 3. The second kappa shape index (κ2) is 10.4. The second-order valence-electron chi connectivity index (χ2n) is 8.35. The van der Waals surface area contributed by atoms with Crippen molar-refractivity contribution in [3.63, 3.8) is 0 Å². The molecule has 3 aromatic rings. The van der Waals surface area contributed by atoms with Crippen LogP contribution in [0.15, 0.2) is 76.8 Å². The summed E-state index contributed by atoms with van der Waals surface area (Å²) in [5, 5.41) is 11.3. The highest BCUT2D eigenvalue weighted by Crippen LogP contribution is 2.41. The van der Waals surface area contributed by atoms with Gasteiger partial charge < -0.3 is 19.5 Å². The molecule has 7 nitrogen and oxygen atoms in total. The number of carbonyl (C=O) groups is 3. The summed E-state index contributed by atoms with van der Waals surface area (Å²) in [6.45, 7) is 1.97. The van der Waals surface area contributed by atoms with Crippen LogP contribution in [0.3, 0.4) is 0 Å². The van der Waals surface area contributed by atoms with Gasteiger partial charge in [-0.1, -0.05) is 46.3 Å². The predicted molar refractivity (Wildman–Crippen MR) is 138 cm³/mol. The molecule has 1 aliphatic heterocycles. The van der Waals surface area contributed by atoms with E-state index in [1.54, 1.807) is 73.8 Å². The standard InChI is InChI=1S/C28H24BrNO6/c1-16-14-20(10-13-22(16)29)25(31)23-24(18-8-11-21(35-2)12-9-18)30(27(33)26(23)32)15-17-4-6-19(7-5-17)28(34)36-3/h4-14,24,31H,15H2,1-3H3/b25-23-. The van der Waals surface area contributed by atoms with Crippen LogP contribution < -0.4 is 4.74 Å². The topological polar surface area (TPSA) is 93.1 Å². The molecule has 8 heteroatoms. The number of benzene rings is 3. The number of aryl methyl sites for hydroxylation is 1. The summed E-state index contributed by atoms with van der Waals surface area (Å²) in [4.78, 5) is 39.7. The molecular formula is C28H24BrNO6. The largest absolute Gasteiger partial charge is 0.507 e. The number of aliphatic hydroxyl groups is 1. The van der Waals surface area contributed by atoms with Gasteiger partial charge in [0.1, 0.15) is 11.5 Å². The Kier molecular flexibility index (Phi) is 7.26. The van der Waals surface area contributed by atoms with Gasteiger partial charge in [-0.3, -0.25) is 9.59 Å². The summed E-state index contributed by atoms with van der Waals surface area (Å²) in [6, 6.07) is 18.0. The molecule has 1 N–H and O–H groups in total. The third-order valence-electron chi connectivity index (χ3n) is 6.13. The van der Waals surface area contributed by atoms with E-state index in [0.29, 0.717) is 28.0 Å². The average Bonchev–Trinajstić information content (AvgIpc) is 3.14. The van der Waals surface area contributed by atoms with Gasteiger partial charge in [0, 0.05) is 16.6 Å². The Morgan fingerprint density at radius 1 is 0.972 bits per heavy atom. The lowest BCUT2D eigenvalue weighted by Gasteiger charge is -2.25. The molecule has 0 aliphatic carbocycles. The fourth-order valence-electron chi connectivity index (χ4n) is 4.18. The zero-order valence-electron chi connectivity index (χ0n) is 19.9. The molecule has 1 amide bonds. The number of amides is 1. The molecule has 3 aromatic carbocycles. The molecule has 0 saturated carbocycles. The highest BCUT2D eigenvalue weighted by atomic mass is 79.9. The molecule has 1 fully saturated rings. The number of likely N-dealkylation sites (tertiary alicyclic amines) is 1. The first-order valence-corrected chi connectivity index (χ1v) is 11.9. The van der Waals surface area contributed by atoms with Gasteiger partial charge in [-0.25, -0.2) is 4.79 Å². The lowest BCUT2D eigenvalue weighted by molar-refractivity contribution is -0.140. The summed E-state index contributed by atoms with van der Waals surface area (Å²) in [5.41, 5.74) is 3.06. The molecule has 0 radical (unpaired) electrons. The number of Topliss-reactive ketones (excluding diaryl/α,β-unsaturated/α-hetero) is 1. The monoisotopic (exact) mass is 549 g/mol. The van der Waals surface area contributed by atoms with E-state index in [1.165, 1.54) is 12.0 Å². The Hall–Kier alpha value is -3.91. The minimum Gasteiger partial charge on any atom is -0.507 e. The van der Waals surface area contributed by atoms with Crippen LogP contribution >= 0.6 is 15.9 Å². The lowest BCUT2D eigenvalue weighted by Crippen LogP contribution is -2.29. The van der Waals surface area contributed by atoms with Crippen LogP contribution in [-0.2, 0) is 20.9 Å². The maximum Gasteiger partial charge on any atom is 0.337 e. The number of ether oxygens (including phenoxy) is 2. The summed E-state index contributed by atoms with van der Waals surface area (Å²) in [5.74, 6) is -1.57. The fourth-order valence-corrected chi connectivity index (χ4v) is 4.43. The summed E-state index contributed by atoms with van der Waals surface area (Å²) in [7, 11) is 2.85. The van der Waals surface area contributed by atoms with E-state index in [9.17, 15) is 19.5 Å².